The molecular weight excluding hydrogens is 256 g/mol. The molecule has 0 unspecified atom stereocenters. The van der Waals surface area contributed by atoms with Crippen molar-refractivity contribution in [2.75, 3.05) is 19.0 Å². The fraction of sp³-hybridized carbons (Fsp3) is 0.500. The Morgan fingerprint density at radius 3 is 2.37 bits per heavy atom. The quantitative estimate of drug-likeness (QED) is 0.585. The SMILES string of the molecule is C1CC1.CCNc1ncc(C(=O)NO)cc1F.CF. The number of hydrogen-bond donors (Lipinski definition) is 3. The molecule has 1 heterocycles. The Labute approximate surface area is 111 Å². The van der Waals surface area contributed by atoms with E-state index in [-0.39, 0.29) is 11.4 Å². The van der Waals surface area contributed by atoms with Crippen LogP contribution in [0, 0.1) is 5.82 Å². The van der Waals surface area contributed by atoms with Gasteiger partial charge in [-0.25, -0.2) is 14.9 Å². The van der Waals surface area contributed by atoms with E-state index in [1.165, 1.54) is 30.9 Å². The molecule has 0 radical (unpaired) electrons. The molecule has 1 fully saturated rings. The predicted octanol–water partition coefficient (Wildman–Crippen LogP) is 2.53. The van der Waals surface area contributed by atoms with E-state index in [0.717, 1.165) is 6.07 Å². The third-order valence-corrected chi connectivity index (χ3v) is 1.90. The fourth-order valence-corrected chi connectivity index (χ4v) is 0.924. The first-order valence-electron chi connectivity index (χ1n) is 5.90. The van der Waals surface area contributed by atoms with Gasteiger partial charge in [-0.3, -0.25) is 14.4 Å². The maximum atomic E-state index is 13.1. The number of amides is 1. The number of nitrogens with one attached hydrogen (secondary N) is 2. The minimum atomic E-state index is -0.792. The van der Waals surface area contributed by atoms with Gasteiger partial charge in [0.05, 0.1) is 12.7 Å². The lowest BCUT2D eigenvalue weighted by molar-refractivity contribution is 0.0705. The molecule has 3 N–H and O–H groups in total. The lowest BCUT2D eigenvalue weighted by Gasteiger charge is -2.04. The van der Waals surface area contributed by atoms with Crippen LogP contribution in [0.3, 0.4) is 0 Å². The standard InChI is InChI=1S/C8H10FN3O2.C3H6.CH3F/c1-2-10-7-6(9)3-5(4-11-7)8(13)12-14;1-2-3-1;1-2/h3-4,14H,2H2,1H3,(H,10,11)(H,12,13);1-3H2;1H3. The predicted molar refractivity (Wildman–Crippen MR) is 68.5 cm³/mol. The second-order valence-electron chi connectivity index (χ2n) is 3.59. The van der Waals surface area contributed by atoms with E-state index in [0.29, 0.717) is 13.7 Å². The molecule has 0 aromatic carbocycles. The van der Waals surface area contributed by atoms with Gasteiger partial charge in [-0.2, -0.15) is 0 Å². The molecule has 0 saturated heterocycles. The van der Waals surface area contributed by atoms with Crippen LogP contribution >= 0.6 is 0 Å². The van der Waals surface area contributed by atoms with Gasteiger partial charge in [-0.05, 0) is 13.0 Å². The van der Waals surface area contributed by atoms with E-state index in [4.69, 9.17) is 5.21 Å². The zero-order chi connectivity index (χ0) is 14.7. The van der Waals surface area contributed by atoms with Gasteiger partial charge in [-0.1, -0.05) is 19.3 Å². The van der Waals surface area contributed by atoms with Crippen LogP contribution in [0.15, 0.2) is 12.3 Å². The third-order valence-electron chi connectivity index (χ3n) is 1.90. The number of alkyl halides is 1. The zero-order valence-corrected chi connectivity index (χ0v) is 11.0. The summed E-state index contributed by atoms with van der Waals surface area (Å²) in [6.07, 6.45) is 5.67. The highest BCUT2D eigenvalue weighted by molar-refractivity contribution is 5.93. The number of hydrogen-bond acceptors (Lipinski definition) is 4. The largest absolute Gasteiger partial charge is 0.368 e. The van der Waals surface area contributed by atoms with Crippen molar-refractivity contribution in [3.8, 4) is 0 Å². The second-order valence-corrected chi connectivity index (χ2v) is 3.59. The smallest absolute Gasteiger partial charge is 0.276 e. The Kier molecular flexibility index (Phi) is 9.25. The highest BCUT2D eigenvalue weighted by Gasteiger charge is 2.09. The third kappa shape index (κ3) is 7.30. The first-order valence-corrected chi connectivity index (χ1v) is 5.90. The highest BCUT2D eigenvalue weighted by atomic mass is 19.1. The molecule has 1 saturated carbocycles. The normalized spacial score (nSPS) is 11.2. The molecule has 1 amide bonds. The molecule has 7 heteroatoms. The summed E-state index contributed by atoms with van der Waals surface area (Å²) >= 11 is 0. The number of carbonyl (C=O) groups is 1. The maximum Gasteiger partial charge on any atom is 0.276 e. The van der Waals surface area contributed by atoms with Crippen molar-refractivity contribution >= 4 is 11.7 Å². The monoisotopic (exact) mass is 275 g/mol. The van der Waals surface area contributed by atoms with E-state index in [1.54, 1.807) is 6.92 Å². The Hall–Kier alpha value is -1.76. The Balaban J connectivity index is 0.000000548. The average molecular weight is 275 g/mol. The molecule has 0 spiro atoms. The van der Waals surface area contributed by atoms with Crippen molar-refractivity contribution in [2.24, 2.45) is 0 Å². The summed E-state index contributed by atoms with van der Waals surface area (Å²) in [4.78, 5) is 14.5. The minimum Gasteiger partial charge on any atom is -0.368 e. The molecule has 2 rings (SSSR count). The number of pyridine rings is 1. The summed E-state index contributed by atoms with van der Waals surface area (Å²) in [5.41, 5.74) is 1.36. The van der Waals surface area contributed by atoms with Crippen molar-refractivity contribution in [1.82, 2.24) is 10.5 Å². The lowest BCUT2D eigenvalue weighted by atomic mass is 10.2. The van der Waals surface area contributed by atoms with Gasteiger partial charge in [0.25, 0.3) is 5.91 Å². The van der Waals surface area contributed by atoms with Gasteiger partial charge in [-0.15, -0.1) is 0 Å². The molecule has 1 aromatic heterocycles. The Morgan fingerprint density at radius 2 is 2.00 bits per heavy atom. The summed E-state index contributed by atoms with van der Waals surface area (Å²) in [6.45, 7) is 2.34. The summed E-state index contributed by atoms with van der Waals surface area (Å²) in [5.74, 6) is -1.34. The van der Waals surface area contributed by atoms with Crippen LogP contribution in [0.5, 0.6) is 0 Å². The Bertz CT molecular complexity index is 384. The number of carbonyl (C=O) groups excluding carboxylic acids is 1. The topological polar surface area (TPSA) is 74.2 Å². The van der Waals surface area contributed by atoms with Gasteiger partial charge in [0.1, 0.15) is 0 Å². The molecule has 0 bridgehead atoms. The molecule has 0 aliphatic heterocycles. The first kappa shape index (κ1) is 17.2. The van der Waals surface area contributed by atoms with Gasteiger partial charge in [0.2, 0.25) is 0 Å². The fourth-order valence-electron chi connectivity index (χ4n) is 0.924. The Morgan fingerprint density at radius 1 is 1.42 bits per heavy atom. The van der Waals surface area contributed by atoms with Crippen molar-refractivity contribution in [3.63, 3.8) is 0 Å². The molecule has 1 aromatic rings. The number of hydroxylamine groups is 1. The van der Waals surface area contributed by atoms with Crippen LogP contribution in [-0.4, -0.2) is 29.8 Å². The van der Waals surface area contributed by atoms with Crippen molar-refractivity contribution in [1.29, 1.82) is 0 Å². The summed E-state index contributed by atoms with van der Waals surface area (Å²) in [5, 5.41) is 11.0. The van der Waals surface area contributed by atoms with E-state index in [1.807, 2.05) is 0 Å². The molecule has 1 aliphatic rings. The molecule has 5 nitrogen and oxygen atoms in total. The van der Waals surface area contributed by atoms with E-state index < -0.39 is 11.7 Å². The van der Waals surface area contributed by atoms with E-state index in [2.05, 4.69) is 10.3 Å². The van der Waals surface area contributed by atoms with Gasteiger partial charge >= 0.3 is 0 Å². The van der Waals surface area contributed by atoms with Crippen LogP contribution in [0.2, 0.25) is 0 Å². The van der Waals surface area contributed by atoms with Crippen LogP contribution in [-0.2, 0) is 0 Å². The van der Waals surface area contributed by atoms with Crippen molar-refractivity contribution < 1.29 is 18.8 Å². The van der Waals surface area contributed by atoms with Crippen LogP contribution < -0.4 is 10.8 Å². The number of halogens is 2. The molecular formula is C12H19F2N3O2. The van der Waals surface area contributed by atoms with Gasteiger partial charge in [0.15, 0.2) is 11.6 Å². The number of anilines is 1. The first-order chi connectivity index (χ1) is 9.19. The van der Waals surface area contributed by atoms with E-state index >= 15 is 0 Å². The number of aromatic nitrogens is 1. The summed E-state index contributed by atoms with van der Waals surface area (Å²) in [7, 11) is 0.500. The molecule has 1 aliphatic carbocycles. The van der Waals surface area contributed by atoms with Crippen molar-refractivity contribution in [3.05, 3.63) is 23.6 Å². The maximum absolute atomic E-state index is 13.1. The lowest BCUT2D eigenvalue weighted by Crippen LogP contribution is -2.19. The minimum absolute atomic E-state index is 0.0355. The van der Waals surface area contributed by atoms with E-state index in [9.17, 15) is 13.6 Å². The summed E-state index contributed by atoms with van der Waals surface area (Å²) < 4.78 is 22.6. The number of rotatable bonds is 3. The number of nitrogens with zero attached hydrogens (tertiary/aromatic N) is 1. The van der Waals surface area contributed by atoms with Crippen LogP contribution in [0.4, 0.5) is 14.6 Å². The van der Waals surface area contributed by atoms with Crippen molar-refractivity contribution in [2.45, 2.75) is 26.2 Å². The zero-order valence-electron chi connectivity index (χ0n) is 11.0. The van der Waals surface area contributed by atoms with Crippen LogP contribution in [0.1, 0.15) is 36.5 Å². The van der Waals surface area contributed by atoms with Crippen LogP contribution in [0.25, 0.3) is 0 Å². The molecule has 0 atom stereocenters. The molecule has 19 heavy (non-hydrogen) atoms. The van der Waals surface area contributed by atoms with Gasteiger partial charge in [0, 0.05) is 12.7 Å². The van der Waals surface area contributed by atoms with Gasteiger partial charge < -0.3 is 5.32 Å². The average Bonchev–Trinajstić information content (AvgIpc) is 3.31. The highest BCUT2D eigenvalue weighted by Crippen LogP contribution is 2.14. The molecule has 108 valence electrons. The summed E-state index contributed by atoms with van der Waals surface area (Å²) in [6, 6.07) is 0.997. The second kappa shape index (κ2) is 10.2.